The van der Waals surface area contributed by atoms with Crippen molar-refractivity contribution in [3.8, 4) is 11.5 Å². The van der Waals surface area contributed by atoms with E-state index >= 15 is 0 Å². The van der Waals surface area contributed by atoms with E-state index in [-0.39, 0.29) is 6.42 Å². The normalized spacial score (nSPS) is 12.0. The van der Waals surface area contributed by atoms with Crippen molar-refractivity contribution in [3.05, 3.63) is 28.3 Å². The minimum atomic E-state index is -4.43. The van der Waals surface area contributed by atoms with Crippen LogP contribution < -0.4 is 0 Å². The zero-order valence-electron chi connectivity index (χ0n) is 13.0. The fourth-order valence-corrected chi connectivity index (χ4v) is 2.73. The van der Waals surface area contributed by atoms with Gasteiger partial charge in [-0.15, -0.1) is 0 Å². The summed E-state index contributed by atoms with van der Waals surface area (Å²) in [7, 11) is 0. The number of aryl methyl sites for hydroxylation is 1. The molecule has 0 spiro atoms. The van der Waals surface area contributed by atoms with Crippen molar-refractivity contribution >= 4 is 17.2 Å². The van der Waals surface area contributed by atoms with E-state index in [0.29, 0.717) is 17.3 Å². The maximum absolute atomic E-state index is 12.6. The van der Waals surface area contributed by atoms with Crippen LogP contribution in [0.2, 0.25) is 0 Å². The van der Waals surface area contributed by atoms with Gasteiger partial charge >= 0.3 is 6.18 Å². The lowest BCUT2D eigenvalue weighted by molar-refractivity contribution is -0.164. The van der Waals surface area contributed by atoms with Gasteiger partial charge in [0.2, 0.25) is 11.8 Å². The zero-order chi connectivity index (χ0) is 17.2. The summed E-state index contributed by atoms with van der Waals surface area (Å²) in [5, 5.41) is 3.71. The van der Waals surface area contributed by atoms with Gasteiger partial charge < -0.3 is 9.32 Å². The summed E-state index contributed by atoms with van der Waals surface area (Å²) in [6, 6.07) is 1.28. The summed E-state index contributed by atoms with van der Waals surface area (Å²) >= 11 is 1.48. The number of hydrogen-bond donors (Lipinski definition) is 0. The highest BCUT2D eigenvalue weighted by Crippen LogP contribution is 2.25. The van der Waals surface area contributed by atoms with E-state index in [9.17, 15) is 18.0 Å². The summed E-state index contributed by atoms with van der Waals surface area (Å²) in [6.45, 7) is 3.49. The van der Waals surface area contributed by atoms with Crippen molar-refractivity contribution in [1.29, 1.82) is 0 Å². The number of halogens is 3. The molecule has 8 heteroatoms. The third-order valence-corrected chi connectivity index (χ3v) is 3.96. The molecule has 2 aromatic rings. The molecule has 23 heavy (non-hydrogen) atoms. The van der Waals surface area contributed by atoms with E-state index < -0.39 is 24.7 Å². The molecule has 126 valence electrons. The second kappa shape index (κ2) is 6.74. The van der Waals surface area contributed by atoms with Crippen molar-refractivity contribution in [2.75, 3.05) is 6.54 Å². The highest BCUT2D eigenvalue weighted by molar-refractivity contribution is 7.08. The first-order chi connectivity index (χ1) is 10.7. The third kappa shape index (κ3) is 4.57. The molecule has 2 heterocycles. The number of carbonyl (C=O) groups is 1. The molecule has 0 saturated carbocycles. The number of nitrogens with zero attached hydrogens (tertiary/aromatic N) is 2. The van der Waals surface area contributed by atoms with Crippen LogP contribution in [0.1, 0.15) is 25.3 Å². The average Bonchev–Trinajstić information content (AvgIpc) is 3.05. The molecule has 0 aromatic carbocycles. The fraction of sp³-hybridized carbons (Fsp3) is 0.467. The summed E-state index contributed by atoms with van der Waals surface area (Å²) in [5.74, 6) is 0.194. The number of alkyl halides is 3. The molecule has 1 amide bonds. The van der Waals surface area contributed by atoms with E-state index in [4.69, 9.17) is 4.42 Å². The number of carbonyl (C=O) groups excluding carboxylic acids is 1. The number of aromatic nitrogens is 1. The first-order valence-electron chi connectivity index (χ1n) is 7.02. The topological polar surface area (TPSA) is 46.3 Å². The minimum Gasteiger partial charge on any atom is -0.441 e. The Balaban J connectivity index is 2.15. The van der Waals surface area contributed by atoms with Gasteiger partial charge in [-0.25, -0.2) is 4.98 Å². The second-order valence-corrected chi connectivity index (χ2v) is 6.22. The molecule has 2 aromatic heterocycles. The van der Waals surface area contributed by atoms with Crippen LogP contribution in [0.3, 0.4) is 0 Å². The maximum atomic E-state index is 12.6. The number of oxazole rings is 1. The second-order valence-electron chi connectivity index (χ2n) is 5.44. The van der Waals surface area contributed by atoms with Crippen molar-refractivity contribution < 1.29 is 22.4 Å². The first kappa shape index (κ1) is 17.5. The van der Waals surface area contributed by atoms with Gasteiger partial charge in [0.05, 0.1) is 12.1 Å². The maximum Gasteiger partial charge on any atom is 0.406 e. The molecule has 0 saturated heterocycles. The Kier molecular flexibility index (Phi) is 5.13. The Morgan fingerprint density at radius 3 is 2.65 bits per heavy atom. The Labute approximate surface area is 135 Å². The largest absolute Gasteiger partial charge is 0.441 e. The molecule has 0 aliphatic rings. The molecule has 0 aliphatic carbocycles. The number of rotatable bonds is 5. The summed E-state index contributed by atoms with van der Waals surface area (Å²) in [5.41, 5.74) is 1.15. The Hall–Kier alpha value is -1.83. The molecular weight excluding hydrogens is 329 g/mol. The van der Waals surface area contributed by atoms with Crippen LogP contribution in [-0.2, 0) is 11.2 Å². The molecule has 0 atom stereocenters. The Bertz CT molecular complexity index is 663. The van der Waals surface area contributed by atoms with E-state index in [2.05, 4.69) is 4.98 Å². The van der Waals surface area contributed by atoms with Crippen LogP contribution >= 0.6 is 11.3 Å². The molecule has 0 aliphatic heterocycles. The molecular formula is C15H17F3N2O2S. The molecule has 2 rings (SSSR count). The van der Waals surface area contributed by atoms with E-state index in [1.165, 1.54) is 11.3 Å². The van der Waals surface area contributed by atoms with Gasteiger partial charge in [0.15, 0.2) is 0 Å². The average molecular weight is 346 g/mol. The Morgan fingerprint density at radius 1 is 1.43 bits per heavy atom. The van der Waals surface area contributed by atoms with Crippen molar-refractivity contribution in [3.63, 3.8) is 0 Å². The summed E-state index contributed by atoms with van der Waals surface area (Å²) in [4.78, 5) is 17.3. The van der Waals surface area contributed by atoms with Gasteiger partial charge in [0.1, 0.15) is 12.3 Å². The van der Waals surface area contributed by atoms with Crippen LogP contribution in [0.15, 0.2) is 21.2 Å². The van der Waals surface area contributed by atoms with Gasteiger partial charge in [-0.05, 0) is 32.2 Å². The minimum absolute atomic E-state index is 0.215. The smallest absolute Gasteiger partial charge is 0.406 e. The van der Waals surface area contributed by atoms with Crippen molar-refractivity contribution in [2.24, 2.45) is 0 Å². The molecule has 4 nitrogen and oxygen atoms in total. The fourth-order valence-electron chi connectivity index (χ4n) is 2.10. The predicted octanol–water partition coefficient (Wildman–Crippen LogP) is 4.05. The molecule has 0 bridgehead atoms. The van der Waals surface area contributed by atoms with E-state index in [0.717, 1.165) is 10.5 Å². The number of hydrogen-bond acceptors (Lipinski definition) is 4. The first-order valence-corrected chi connectivity index (χ1v) is 7.96. The number of thiophene rings is 1. The SMILES string of the molecule is Cc1oc(-c2ccsc2)nc1CC(=O)N(CC(F)(F)F)C(C)C. The highest BCUT2D eigenvalue weighted by Gasteiger charge is 2.34. The number of amides is 1. The van der Waals surface area contributed by atoms with Crippen LogP contribution in [0.25, 0.3) is 11.5 Å². The monoisotopic (exact) mass is 346 g/mol. The zero-order valence-corrected chi connectivity index (χ0v) is 13.8. The Morgan fingerprint density at radius 2 is 2.13 bits per heavy atom. The lowest BCUT2D eigenvalue weighted by Crippen LogP contribution is -2.44. The standard InChI is InChI=1S/C15H17F3N2O2S/c1-9(2)20(8-15(16,17)18)13(21)6-12-10(3)22-14(19-12)11-4-5-23-7-11/h4-5,7,9H,6,8H2,1-3H3. The van der Waals surface area contributed by atoms with E-state index in [1.54, 1.807) is 20.8 Å². The van der Waals surface area contributed by atoms with Crippen LogP contribution in [0.5, 0.6) is 0 Å². The molecule has 0 unspecified atom stereocenters. The van der Waals surface area contributed by atoms with Gasteiger partial charge in [0, 0.05) is 17.0 Å². The van der Waals surface area contributed by atoms with Crippen LogP contribution in [-0.4, -0.2) is 34.6 Å². The molecule has 0 N–H and O–H groups in total. The summed E-state index contributed by atoms with van der Waals surface area (Å²) < 4.78 is 43.3. The van der Waals surface area contributed by atoms with Gasteiger partial charge in [-0.3, -0.25) is 4.79 Å². The molecule has 0 fully saturated rings. The third-order valence-electron chi connectivity index (χ3n) is 3.27. The lowest BCUT2D eigenvalue weighted by Gasteiger charge is -2.27. The highest BCUT2D eigenvalue weighted by atomic mass is 32.1. The van der Waals surface area contributed by atoms with Crippen molar-refractivity contribution in [1.82, 2.24) is 9.88 Å². The van der Waals surface area contributed by atoms with Crippen LogP contribution in [0, 0.1) is 6.92 Å². The van der Waals surface area contributed by atoms with E-state index in [1.807, 2.05) is 16.8 Å². The van der Waals surface area contributed by atoms with Gasteiger partial charge in [-0.1, -0.05) is 0 Å². The quantitative estimate of drug-likeness (QED) is 0.820. The molecule has 0 radical (unpaired) electrons. The summed E-state index contributed by atoms with van der Waals surface area (Å²) in [6.07, 6.45) is -4.64. The van der Waals surface area contributed by atoms with Gasteiger partial charge in [-0.2, -0.15) is 24.5 Å². The van der Waals surface area contributed by atoms with Crippen molar-refractivity contribution in [2.45, 2.75) is 39.4 Å². The van der Waals surface area contributed by atoms with Gasteiger partial charge in [0.25, 0.3) is 0 Å². The lowest BCUT2D eigenvalue weighted by atomic mass is 10.2. The van der Waals surface area contributed by atoms with Crippen LogP contribution in [0.4, 0.5) is 13.2 Å². The predicted molar refractivity (Wildman–Crippen MR) is 81.2 cm³/mol.